The fraction of sp³-hybridized carbons (Fsp3) is 0.462. The number of nitrogens with zero attached hydrogens (tertiary/aromatic N) is 1. The molecule has 3 nitrogen and oxygen atoms in total. The molecular formula is C13H17NO2. The maximum atomic E-state index is 11.5. The largest absolute Gasteiger partial charge is 0.482 e. The van der Waals surface area contributed by atoms with Crippen LogP contribution in [0.15, 0.2) is 18.2 Å². The third kappa shape index (κ3) is 1.77. The third-order valence-corrected chi connectivity index (χ3v) is 2.91. The molecule has 0 unspecified atom stereocenters. The molecule has 0 radical (unpaired) electrons. The van der Waals surface area contributed by atoms with Crippen molar-refractivity contribution in [2.75, 3.05) is 18.6 Å². The molecule has 0 saturated carbocycles. The zero-order valence-corrected chi connectivity index (χ0v) is 10.2. The number of carbonyl (C=O) groups excluding carboxylic acids is 1. The van der Waals surface area contributed by atoms with Crippen LogP contribution in [-0.2, 0) is 10.2 Å². The Bertz CT molecular complexity index is 432. The van der Waals surface area contributed by atoms with Gasteiger partial charge in [0.05, 0.1) is 5.69 Å². The Kier molecular flexibility index (Phi) is 2.41. The second kappa shape index (κ2) is 3.51. The van der Waals surface area contributed by atoms with Gasteiger partial charge in [-0.2, -0.15) is 0 Å². The molecular weight excluding hydrogens is 202 g/mol. The van der Waals surface area contributed by atoms with Gasteiger partial charge in [0.2, 0.25) is 0 Å². The van der Waals surface area contributed by atoms with Crippen LogP contribution in [-0.4, -0.2) is 19.6 Å². The number of carbonyl (C=O) groups is 1. The normalized spacial score (nSPS) is 15.8. The predicted molar refractivity (Wildman–Crippen MR) is 64.0 cm³/mol. The van der Waals surface area contributed by atoms with Gasteiger partial charge in [-0.05, 0) is 23.1 Å². The van der Waals surface area contributed by atoms with E-state index in [1.165, 1.54) is 5.56 Å². The van der Waals surface area contributed by atoms with Crippen LogP contribution in [0.3, 0.4) is 0 Å². The van der Waals surface area contributed by atoms with Gasteiger partial charge >= 0.3 is 0 Å². The monoisotopic (exact) mass is 219 g/mol. The Morgan fingerprint density at radius 3 is 2.62 bits per heavy atom. The highest BCUT2D eigenvalue weighted by Gasteiger charge is 2.24. The molecule has 1 aliphatic rings. The first-order chi connectivity index (χ1) is 7.39. The summed E-state index contributed by atoms with van der Waals surface area (Å²) < 4.78 is 5.38. The molecule has 0 spiro atoms. The first-order valence-corrected chi connectivity index (χ1v) is 5.43. The van der Waals surface area contributed by atoms with Crippen LogP contribution in [0.1, 0.15) is 26.3 Å². The molecule has 0 saturated heterocycles. The number of likely N-dealkylation sites (N-methyl/N-ethyl adjacent to an activating group) is 1. The number of anilines is 1. The molecule has 0 aromatic heterocycles. The van der Waals surface area contributed by atoms with Gasteiger partial charge in [-0.15, -0.1) is 0 Å². The van der Waals surface area contributed by atoms with E-state index in [2.05, 4.69) is 26.8 Å². The number of fused-ring (bicyclic) bond motifs is 1. The van der Waals surface area contributed by atoms with E-state index >= 15 is 0 Å². The topological polar surface area (TPSA) is 29.5 Å². The highest BCUT2D eigenvalue weighted by atomic mass is 16.5. The SMILES string of the molecule is CN1C(=O)COc2ccc(C(C)(C)C)cc21. The summed E-state index contributed by atoms with van der Waals surface area (Å²) in [5.41, 5.74) is 2.15. The maximum absolute atomic E-state index is 11.5. The van der Waals surface area contributed by atoms with Crippen LogP contribution >= 0.6 is 0 Å². The molecule has 0 aliphatic carbocycles. The number of ether oxygens (including phenoxy) is 1. The lowest BCUT2D eigenvalue weighted by Gasteiger charge is -2.28. The molecule has 0 fully saturated rings. The molecule has 1 aromatic carbocycles. The molecule has 86 valence electrons. The molecule has 0 N–H and O–H groups in total. The number of amides is 1. The van der Waals surface area contributed by atoms with E-state index in [1.807, 2.05) is 12.1 Å². The zero-order valence-electron chi connectivity index (χ0n) is 10.2. The van der Waals surface area contributed by atoms with E-state index in [0.717, 1.165) is 11.4 Å². The highest BCUT2D eigenvalue weighted by molar-refractivity contribution is 5.97. The van der Waals surface area contributed by atoms with Crippen molar-refractivity contribution < 1.29 is 9.53 Å². The zero-order chi connectivity index (χ0) is 11.9. The minimum atomic E-state index is -0.00133. The van der Waals surface area contributed by atoms with E-state index in [9.17, 15) is 4.79 Å². The summed E-state index contributed by atoms with van der Waals surface area (Å²) in [6, 6.07) is 6.04. The molecule has 3 heteroatoms. The Labute approximate surface area is 96.0 Å². The molecule has 0 atom stereocenters. The number of rotatable bonds is 0. The molecule has 0 bridgehead atoms. The van der Waals surface area contributed by atoms with Crippen molar-refractivity contribution >= 4 is 11.6 Å². The van der Waals surface area contributed by atoms with Crippen LogP contribution in [0, 0.1) is 0 Å². The van der Waals surface area contributed by atoms with Gasteiger partial charge < -0.3 is 9.64 Å². The molecule has 16 heavy (non-hydrogen) atoms. The van der Waals surface area contributed by atoms with Gasteiger partial charge in [0.15, 0.2) is 6.61 Å². The fourth-order valence-electron chi connectivity index (χ4n) is 1.74. The van der Waals surface area contributed by atoms with E-state index in [1.54, 1.807) is 11.9 Å². The average molecular weight is 219 g/mol. The van der Waals surface area contributed by atoms with Crippen molar-refractivity contribution in [2.45, 2.75) is 26.2 Å². The lowest BCUT2D eigenvalue weighted by atomic mass is 9.86. The van der Waals surface area contributed by atoms with Crippen LogP contribution in [0.2, 0.25) is 0 Å². The maximum Gasteiger partial charge on any atom is 0.264 e. The van der Waals surface area contributed by atoms with E-state index < -0.39 is 0 Å². The number of benzene rings is 1. The quantitative estimate of drug-likeness (QED) is 0.670. The second-order valence-corrected chi connectivity index (χ2v) is 5.17. The lowest BCUT2D eigenvalue weighted by molar-refractivity contribution is -0.120. The van der Waals surface area contributed by atoms with Crippen LogP contribution < -0.4 is 9.64 Å². The first kappa shape index (κ1) is 11.0. The molecule has 1 amide bonds. The standard InChI is InChI=1S/C13H17NO2/c1-13(2,3)9-5-6-11-10(7-9)14(4)12(15)8-16-11/h5-7H,8H2,1-4H3. The van der Waals surface area contributed by atoms with Crippen LogP contribution in [0.25, 0.3) is 0 Å². The van der Waals surface area contributed by atoms with Crippen molar-refractivity contribution in [3.05, 3.63) is 23.8 Å². The summed E-state index contributed by atoms with van der Waals surface area (Å²) in [6.07, 6.45) is 0. The summed E-state index contributed by atoms with van der Waals surface area (Å²) in [7, 11) is 1.79. The summed E-state index contributed by atoms with van der Waals surface area (Å²) in [5, 5.41) is 0. The van der Waals surface area contributed by atoms with Crippen molar-refractivity contribution in [1.29, 1.82) is 0 Å². The minimum Gasteiger partial charge on any atom is -0.482 e. The molecule has 1 aliphatic heterocycles. The summed E-state index contributed by atoms with van der Waals surface area (Å²) >= 11 is 0. The van der Waals surface area contributed by atoms with E-state index in [0.29, 0.717) is 0 Å². The third-order valence-electron chi connectivity index (χ3n) is 2.91. The molecule has 1 aromatic rings. The van der Waals surface area contributed by atoms with E-state index in [4.69, 9.17) is 4.74 Å². The Morgan fingerprint density at radius 2 is 2.00 bits per heavy atom. The van der Waals surface area contributed by atoms with Gasteiger partial charge in [0.1, 0.15) is 5.75 Å². The summed E-state index contributed by atoms with van der Waals surface area (Å²) in [5.74, 6) is 0.786. The Balaban J connectivity index is 2.48. The number of hydrogen-bond acceptors (Lipinski definition) is 2. The predicted octanol–water partition coefficient (Wildman–Crippen LogP) is 2.34. The van der Waals surface area contributed by atoms with Crippen molar-refractivity contribution in [3.8, 4) is 5.75 Å². The first-order valence-electron chi connectivity index (χ1n) is 5.43. The average Bonchev–Trinajstić information content (AvgIpc) is 2.22. The summed E-state index contributed by atoms with van der Waals surface area (Å²) in [4.78, 5) is 13.2. The lowest BCUT2D eigenvalue weighted by Crippen LogP contribution is -2.35. The van der Waals surface area contributed by atoms with Gasteiger partial charge in [-0.3, -0.25) is 4.79 Å². The van der Waals surface area contributed by atoms with Crippen LogP contribution in [0.5, 0.6) is 5.75 Å². The number of hydrogen-bond donors (Lipinski definition) is 0. The Hall–Kier alpha value is -1.51. The summed E-state index contributed by atoms with van der Waals surface area (Å²) in [6.45, 7) is 6.60. The smallest absolute Gasteiger partial charge is 0.264 e. The molecule has 2 rings (SSSR count). The van der Waals surface area contributed by atoms with Gasteiger partial charge in [0, 0.05) is 7.05 Å². The fourth-order valence-corrected chi connectivity index (χ4v) is 1.74. The Morgan fingerprint density at radius 1 is 1.31 bits per heavy atom. The van der Waals surface area contributed by atoms with Gasteiger partial charge in [-0.25, -0.2) is 0 Å². The van der Waals surface area contributed by atoms with E-state index in [-0.39, 0.29) is 17.9 Å². The minimum absolute atomic E-state index is 0.00133. The second-order valence-electron chi connectivity index (χ2n) is 5.17. The van der Waals surface area contributed by atoms with Crippen molar-refractivity contribution in [3.63, 3.8) is 0 Å². The van der Waals surface area contributed by atoms with Crippen molar-refractivity contribution in [1.82, 2.24) is 0 Å². The molecule has 1 heterocycles. The van der Waals surface area contributed by atoms with Gasteiger partial charge in [0.25, 0.3) is 5.91 Å². The highest BCUT2D eigenvalue weighted by Crippen LogP contribution is 2.35. The van der Waals surface area contributed by atoms with Crippen LogP contribution in [0.4, 0.5) is 5.69 Å². The van der Waals surface area contributed by atoms with Crippen molar-refractivity contribution in [2.24, 2.45) is 0 Å². The van der Waals surface area contributed by atoms with Gasteiger partial charge in [-0.1, -0.05) is 26.8 Å².